The van der Waals surface area contributed by atoms with Gasteiger partial charge in [0.25, 0.3) is 0 Å². The molecule has 106 valence electrons. The van der Waals surface area contributed by atoms with Crippen LogP contribution in [0.2, 0.25) is 0 Å². The van der Waals surface area contributed by atoms with E-state index >= 15 is 0 Å². The topological polar surface area (TPSA) is 46.2 Å². The largest absolute Gasteiger partial charge is 0.388 e. The van der Waals surface area contributed by atoms with Gasteiger partial charge in [0.1, 0.15) is 0 Å². The van der Waals surface area contributed by atoms with Gasteiger partial charge in [0, 0.05) is 16.4 Å². The van der Waals surface area contributed by atoms with Crippen molar-refractivity contribution in [1.29, 1.82) is 0 Å². The van der Waals surface area contributed by atoms with Gasteiger partial charge in [-0.25, -0.2) is 0 Å². The third kappa shape index (κ3) is 3.59. The van der Waals surface area contributed by atoms with Crippen LogP contribution in [0.5, 0.6) is 0 Å². The Morgan fingerprint density at radius 2 is 1.79 bits per heavy atom. The van der Waals surface area contributed by atoms with E-state index in [2.05, 4.69) is 15.9 Å². The molecular weight excluding hydrogens is 302 g/mol. The van der Waals surface area contributed by atoms with Crippen molar-refractivity contribution >= 4 is 15.9 Å². The number of hydrogen-bond acceptors (Lipinski definition) is 2. The SMILES string of the molecule is NCC1(C(O)c2cccc(Br)c2)CCCCCCC1. The first-order valence-corrected chi connectivity index (χ1v) is 8.11. The summed E-state index contributed by atoms with van der Waals surface area (Å²) in [6.45, 7) is 0.570. The van der Waals surface area contributed by atoms with Crippen molar-refractivity contribution < 1.29 is 5.11 Å². The summed E-state index contributed by atoms with van der Waals surface area (Å²) in [7, 11) is 0. The molecule has 0 spiro atoms. The number of benzene rings is 1. The molecule has 3 N–H and O–H groups in total. The molecule has 0 aliphatic heterocycles. The predicted molar refractivity (Wildman–Crippen MR) is 82.9 cm³/mol. The van der Waals surface area contributed by atoms with Gasteiger partial charge >= 0.3 is 0 Å². The predicted octanol–water partition coefficient (Wildman–Crippen LogP) is 4.17. The van der Waals surface area contributed by atoms with Crippen LogP contribution in [0.25, 0.3) is 0 Å². The first-order valence-electron chi connectivity index (χ1n) is 7.31. The van der Waals surface area contributed by atoms with Gasteiger partial charge in [-0.2, -0.15) is 0 Å². The van der Waals surface area contributed by atoms with E-state index in [1.165, 1.54) is 32.1 Å². The molecule has 1 aromatic rings. The fraction of sp³-hybridized carbons (Fsp3) is 0.625. The molecule has 0 heterocycles. The zero-order chi connectivity index (χ0) is 13.7. The molecule has 0 aromatic heterocycles. The molecule has 1 aliphatic carbocycles. The van der Waals surface area contributed by atoms with Crippen molar-refractivity contribution in [2.24, 2.45) is 11.1 Å². The van der Waals surface area contributed by atoms with E-state index in [0.29, 0.717) is 6.54 Å². The maximum absolute atomic E-state index is 10.8. The maximum Gasteiger partial charge on any atom is 0.0858 e. The number of aliphatic hydroxyl groups excluding tert-OH is 1. The summed E-state index contributed by atoms with van der Waals surface area (Å²) in [6, 6.07) is 7.99. The van der Waals surface area contributed by atoms with Crippen LogP contribution in [-0.4, -0.2) is 11.7 Å². The lowest BCUT2D eigenvalue weighted by atomic mass is 9.70. The Bertz CT molecular complexity index is 399. The molecule has 1 fully saturated rings. The Balaban J connectivity index is 2.22. The number of aliphatic hydroxyl groups is 1. The van der Waals surface area contributed by atoms with E-state index in [0.717, 1.165) is 22.9 Å². The lowest BCUT2D eigenvalue weighted by Crippen LogP contribution is -2.37. The van der Waals surface area contributed by atoms with Gasteiger partial charge in [0.2, 0.25) is 0 Å². The van der Waals surface area contributed by atoms with Crippen molar-refractivity contribution in [2.45, 2.75) is 51.0 Å². The molecule has 1 unspecified atom stereocenters. The highest BCUT2D eigenvalue weighted by Crippen LogP contribution is 2.44. The zero-order valence-electron chi connectivity index (χ0n) is 11.4. The zero-order valence-corrected chi connectivity index (χ0v) is 13.0. The molecule has 0 bridgehead atoms. The minimum Gasteiger partial charge on any atom is -0.388 e. The maximum atomic E-state index is 10.8. The first kappa shape index (κ1) is 15.0. The summed E-state index contributed by atoms with van der Waals surface area (Å²) >= 11 is 3.48. The Morgan fingerprint density at radius 1 is 1.16 bits per heavy atom. The Labute approximate surface area is 124 Å². The second-order valence-electron chi connectivity index (χ2n) is 5.79. The minimum absolute atomic E-state index is 0.138. The van der Waals surface area contributed by atoms with Crippen molar-refractivity contribution in [1.82, 2.24) is 0 Å². The van der Waals surface area contributed by atoms with E-state index in [-0.39, 0.29) is 5.41 Å². The highest BCUT2D eigenvalue weighted by Gasteiger charge is 2.37. The molecule has 1 aliphatic rings. The first-order chi connectivity index (χ1) is 9.18. The standard InChI is InChI=1S/C16H24BrNO/c17-14-8-6-7-13(11-14)15(19)16(12-18)9-4-2-1-3-5-10-16/h6-8,11,15,19H,1-5,9-10,12,18H2. The van der Waals surface area contributed by atoms with E-state index in [9.17, 15) is 5.11 Å². The quantitative estimate of drug-likeness (QED) is 0.876. The molecule has 0 amide bonds. The van der Waals surface area contributed by atoms with Crippen LogP contribution in [0, 0.1) is 5.41 Å². The van der Waals surface area contributed by atoms with Crippen LogP contribution in [0.15, 0.2) is 28.7 Å². The van der Waals surface area contributed by atoms with Gasteiger partial charge in [-0.1, -0.05) is 60.2 Å². The minimum atomic E-state index is -0.451. The van der Waals surface area contributed by atoms with Crippen LogP contribution in [0.1, 0.15) is 56.6 Å². The molecule has 2 nitrogen and oxygen atoms in total. The van der Waals surface area contributed by atoms with Crippen LogP contribution < -0.4 is 5.73 Å². The molecular formula is C16H24BrNO. The van der Waals surface area contributed by atoms with Crippen LogP contribution in [0.3, 0.4) is 0 Å². The smallest absolute Gasteiger partial charge is 0.0858 e. The van der Waals surface area contributed by atoms with Gasteiger partial charge in [-0.05, 0) is 30.5 Å². The van der Waals surface area contributed by atoms with Gasteiger partial charge in [0.15, 0.2) is 0 Å². The Hall–Kier alpha value is -0.380. The Morgan fingerprint density at radius 3 is 2.37 bits per heavy atom. The average Bonchev–Trinajstić information content (AvgIpc) is 2.39. The average molecular weight is 326 g/mol. The molecule has 1 saturated carbocycles. The molecule has 1 aromatic carbocycles. The monoisotopic (exact) mass is 325 g/mol. The summed E-state index contributed by atoms with van der Waals surface area (Å²) < 4.78 is 1.02. The fourth-order valence-electron chi connectivity index (χ4n) is 3.23. The second kappa shape index (κ2) is 6.87. The summed E-state index contributed by atoms with van der Waals surface area (Å²) in [5.41, 5.74) is 6.91. The third-order valence-electron chi connectivity index (χ3n) is 4.50. The summed E-state index contributed by atoms with van der Waals surface area (Å²) in [5.74, 6) is 0. The van der Waals surface area contributed by atoms with E-state index < -0.39 is 6.10 Å². The molecule has 2 rings (SSSR count). The third-order valence-corrected chi connectivity index (χ3v) is 4.99. The van der Waals surface area contributed by atoms with Gasteiger partial charge < -0.3 is 10.8 Å². The second-order valence-corrected chi connectivity index (χ2v) is 6.71. The summed E-state index contributed by atoms with van der Waals surface area (Å²) in [6.07, 6.45) is 7.86. The van der Waals surface area contributed by atoms with Gasteiger partial charge in [-0.3, -0.25) is 0 Å². The Kier molecular flexibility index (Phi) is 5.43. The van der Waals surface area contributed by atoms with E-state index in [1.807, 2.05) is 24.3 Å². The number of hydrogen-bond donors (Lipinski definition) is 2. The van der Waals surface area contributed by atoms with Crippen molar-refractivity contribution in [3.8, 4) is 0 Å². The normalized spacial score (nSPS) is 21.4. The van der Waals surface area contributed by atoms with Crippen molar-refractivity contribution in [3.05, 3.63) is 34.3 Å². The van der Waals surface area contributed by atoms with Crippen LogP contribution in [0.4, 0.5) is 0 Å². The number of halogens is 1. The molecule has 3 heteroatoms. The highest BCUT2D eigenvalue weighted by molar-refractivity contribution is 9.10. The highest BCUT2D eigenvalue weighted by atomic mass is 79.9. The number of rotatable bonds is 3. The molecule has 1 atom stereocenters. The fourth-order valence-corrected chi connectivity index (χ4v) is 3.65. The van der Waals surface area contributed by atoms with E-state index in [1.54, 1.807) is 0 Å². The molecule has 0 radical (unpaired) electrons. The van der Waals surface area contributed by atoms with E-state index in [4.69, 9.17) is 5.73 Å². The van der Waals surface area contributed by atoms with Crippen molar-refractivity contribution in [3.63, 3.8) is 0 Å². The molecule has 0 saturated heterocycles. The van der Waals surface area contributed by atoms with Crippen molar-refractivity contribution in [2.75, 3.05) is 6.54 Å². The summed E-state index contributed by atoms with van der Waals surface area (Å²) in [5, 5.41) is 10.8. The lowest BCUT2D eigenvalue weighted by molar-refractivity contribution is 0.00845. The van der Waals surface area contributed by atoms with Gasteiger partial charge in [-0.15, -0.1) is 0 Å². The van der Waals surface area contributed by atoms with Crippen LogP contribution in [-0.2, 0) is 0 Å². The summed E-state index contributed by atoms with van der Waals surface area (Å²) in [4.78, 5) is 0. The lowest BCUT2D eigenvalue weighted by Gasteiger charge is -2.39. The molecule has 19 heavy (non-hydrogen) atoms. The van der Waals surface area contributed by atoms with Gasteiger partial charge in [0.05, 0.1) is 6.10 Å². The van der Waals surface area contributed by atoms with Crippen LogP contribution >= 0.6 is 15.9 Å². The number of nitrogens with two attached hydrogens (primary N) is 1.